The Morgan fingerprint density at radius 3 is 2.63 bits per heavy atom. The summed E-state index contributed by atoms with van der Waals surface area (Å²) >= 11 is 1.47. The Kier molecular flexibility index (Phi) is 7.97. The van der Waals surface area contributed by atoms with Crippen LogP contribution in [0.15, 0.2) is 65.3 Å². The zero-order valence-corrected chi connectivity index (χ0v) is 18.1. The van der Waals surface area contributed by atoms with Gasteiger partial charge in [0.25, 0.3) is 0 Å². The van der Waals surface area contributed by atoms with Crippen molar-refractivity contribution in [2.45, 2.75) is 32.1 Å². The lowest BCUT2D eigenvalue weighted by Gasteiger charge is -2.19. The Balaban J connectivity index is 1.70. The molecule has 5 nitrogen and oxygen atoms in total. The highest BCUT2D eigenvalue weighted by Crippen LogP contribution is 2.21. The van der Waals surface area contributed by atoms with Crippen molar-refractivity contribution < 1.29 is 18.7 Å². The number of Topliss-reactive ketones (excluding diaryl/α,β-unsaturated/α-hetero) is 1. The van der Waals surface area contributed by atoms with E-state index in [4.69, 9.17) is 9.15 Å². The van der Waals surface area contributed by atoms with Crippen molar-refractivity contribution >= 4 is 34.4 Å². The van der Waals surface area contributed by atoms with E-state index in [0.29, 0.717) is 18.8 Å². The summed E-state index contributed by atoms with van der Waals surface area (Å²) in [6, 6.07) is 17.1. The van der Waals surface area contributed by atoms with Crippen LogP contribution in [0.5, 0.6) is 0 Å². The van der Waals surface area contributed by atoms with Crippen LogP contribution in [0.3, 0.4) is 0 Å². The molecule has 1 atom stereocenters. The molecule has 1 amide bonds. The van der Waals surface area contributed by atoms with Gasteiger partial charge in [0.15, 0.2) is 5.78 Å². The zero-order valence-electron chi connectivity index (χ0n) is 17.3. The molecule has 2 aromatic carbocycles. The van der Waals surface area contributed by atoms with Crippen molar-refractivity contribution in [2.75, 3.05) is 12.4 Å². The maximum absolute atomic E-state index is 13.0. The van der Waals surface area contributed by atoms with E-state index in [-0.39, 0.29) is 17.5 Å². The molecule has 158 valence electrons. The molecule has 1 aromatic heterocycles. The Labute approximate surface area is 181 Å². The highest BCUT2D eigenvalue weighted by atomic mass is 32.2. The van der Waals surface area contributed by atoms with Crippen LogP contribution in [0, 0.1) is 5.92 Å². The van der Waals surface area contributed by atoms with Crippen molar-refractivity contribution in [3.8, 4) is 0 Å². The third-order valence-corrected chi connectivity index (χ3v) is 5.58. The lowest BCUT2D eigenvalue weighted by atomic mass is 9.97. The van der Waals surface area contributed by atoms with E-state index >= 15 is 0 Å². The first-order chi connectivity index (χ1) is 14.5. The number of furan rings is 1. The number of hydrogen-bond acceptors (Lipinski definition) is 5. The van der Waals surface area contributed by atoms with E-state index in [0.717, 1.165) is 22.1 Å². The average molecular weight is 426 g/mol. The fraction of sp³-hybridized carbons (Fsp3) is 0.333. The summed E-state index contributed by atoms with van der Waals surface area (Å²) in [6.45, 7) is 4.25. The Bertz CT molecular complexity index is 963. The van der Waals surface area contributed by atoms with Crippen LogP contribution in [0.2, 0.25) is 0 Å². The van der Waals surface area contributed by atoms with E-state index in [9.17, 15) is 9.59 Å². The molecule has 0 unspecified atom stereocenters. The summed E-state index contributed by atoms with van der Waals surface area (Å²) in [5.41, 5.74) is 1.02. The minimum Gasteiger partial charge on any atom is -0.468 e. The Morgan fingerprint density at radius 2 is 1.87 bits per heavy atom. The van der Waals surface area contributed by atoms with Crippen molar-refractivity contribution in [1.29, 1.82) is 0 Å². The van der Waals surface area contributed by atoms with Gasteiger partial charge in [0.1, 0.15) is 5.76 Å². The van der Waals surface area contributed by atoms with Crippen LogP contribution in [-0.4, -0.2) is 30.3 Å². The summed E-state index contributed by atoms with van der Waals surface area (Å²) in [4.78, 5) is 25.2. The summed E-state index contributed by atoms with van der Waals surface area (Å²) in [6.07, 6.45) is 1.48. The molecule has 30 heavy (non-hydrogen) atoms. The molecule has 0 spiro atoms. The first-order valence-electron chi connectivity index (χ1n) is 10.1. The lowest BCUT2D eigenvalue weighted by molar-refractivity contribution is -0.118. The normalized spacial score (nSPS) is 12.1. The number of benzene rings is 2. The second kappa shape index (κ2) is 10.9. The number of ether oxygens (including phenoxy) is 1. The highest BCUT2D eigenvalue weighted by molar-refractivity contribution is 7.99. The minimum absolute atomic E-state index is 0.0408. The number of carbonyl (C=O) groups excluding carboxylic acids is 2. The molecule has 0 aliphatic heterocycles. The number of ketones is 1. The number of alkyl carbamates (subject to hydrolysis) is 1. The van der Waals surface area contributed by atoms with Gasteiger partial charge in [-0.3, -0.25) is 4.79 Å². The molecule has 0 saturated carbocycles. The second-order valence-electron chi connectivity index (χ2n) is 7.57. The summed E-state index contributed by atoms with van der Waals surface area (Å²) in [7, 11) is 0. The molecule has 0 aliphatic rings. The van der Waals surface area contributed by atoms with E-state index < -0.39 is 12.1 Å². The first-order valence-corrected chi connectivity index (χ1v) is 11.2. The fourth-order valence-corrected chi connectivity index (χ4v) is 3.98. The molecule has 0 bridgehead atoms. The quantitative estimate of drug-likeness (QED) is 0.482. The third-order valence-electron chi connectivity index (χ3n) is 4.60. The van der Waals surface area contributed by atoms with Crippen LogP contribution in [0.25, 0.3) is 10.8 Å². The molecule has 3 aromatic rings. The van der Waals surface area contributed by atoms with Gasteiger partial charge < -0.3 is 14.5 Å². The summed E-state index contributed by atoms with van der Waals surface area (Å²) < 4.78 is 10.6. The topological polar surface area (TPSA) is 68.5 Å². The molecule has 0 fully saturated rings. The zero-order chi connectivity index (χ0) is 21.3. The van der Waals surface area contributed by atoms with Crippen LogP contribution in [-0.2, 0) is 21.7 Å². The minimum atomic E-state index is -0.653. The fourth-order valence-electron chi connectivity index (χ4n) is 3.11. The molecular formula is C24H27NO4S. The molecule has 3 rings (SSSR count). The Hall–Kier alpha value is -2.73. The van der Waals surface area contributed by atoms with Gasteiger partial charge >= 0.3 is 6.09 Å². The number of rotatable bonds is 10. The Morgan fingerprint density at radius 1 is 1.07 bits per heavy atom. The van der Waals surface area contributed by atoms with Crippen LogP contribution in [0.1, 0.15) is 25.2 Å². The molecule has 0 aliphatic carbocycles. The molecule has 1 N–H and O–H groups in total. The SMILES string of the molecule is CC(C)COC(=O)N[C@@H](Cc1cccc2ccccc12)C(=O)CSCc1ccco1. The average Bonchev–Trinajstić information content (AvgIpc) is 3.25. The van der Waals surface area contributed by atoms with Gasteiger partial charge in [0.05, 0.1) is 30.4 Å². The third kappa shape index (κ3) is 6.39. The smallest absolute Gasteiger partial charge is 0.407 e. The molecule has 0 radical (unpaired) electrons. The summed E-state index contributed by atoms with van der Waals surface area (Å²) in [5, 5.41) is 4.97. The highest BCUT2D eigenvalue weighted by Gasteiger charge is 2.23. The van der Waals surface area contributed by atoms with E-state index in [1.54, 1.807) is 6.26 Å². The van der Waals surface area contributed by atoms with E-state index in [2.05, 4.69) is 5.32 Å². The number of fused-ring (bicyclic) bond motifs is 1. The largest absolute Gasteiger partial charge is 0.468 e. The van der Waals surface area contributed by atoms with E-state index in [1.807, 2.05) is 68.4 Å². The van der Waals surface area contributed by atoms with Crippen molar-refractivity contribution in [3.05, 3.63) is 72.2 Å². The van der Waals surface area contributed by atoms with Crippen molar-refractivity contribution in [1.82, 2.24) is 5.32 Å². The molecular weight excluding hydrogens is 398 g/mol. The predicted octanol–water partition coefficient (Wildman–Crippen LogP) is 5.23. The van der Waals surface area contributed by atoms with Gasteiger partial charge in [-0.2, -0.15) is 0 Å². The van der Waals surface area contributed by atoms with Gasteiger partial charge in [0.2, 0.25) is 0 Å². The van der Waals surface area contributed by atoms with Crippen LogP contribution in [0.4, 0.5) is 4.79 Å². The number of thioether (sulfide) groups is 1. The number of carbonyl (C=O) groups is 2. The maximum Gasteiger partial charge on any atom is 0.407 e. The van der Waals surface area contributed by atoms with Gasteiger partial charge in [-0.15, -0.1) is 11.8 Å². The van der Waals surface area contributed by atoms with Crippen molar-refractivity contribution in [3.63, 3.8) is 0 Å². The lowest BCUT2D eigenvalue weighted by Crippen LogP contribution is -2.43. The predicted molar refractivity (Wildman–Crippen MR) is 121 cm³/mol. The van der Waals surface area contributed by atoms with Gasteiger partial charge in [-0.05, 0) is 34.4 Å². The van der Waals surface area contributed by atoms with Crippen LogP contribution >= 0.6 is 11.8 Å². The number of amides is 1. The van der Waals surface area contributed by atoms with Gasteiger partial charge in [0, 0.05) is 6.42 Å². The van der Waals surface area contributed by atoms with Crippen LogP contribution < -0.4 is 5.32 Å². The molecule has 6 heteroatoms. The van der Waals surface area contributed by atoms with Crippen molar-refractivity contribution in [2.24, 2.45) is 5.92 Å². The monoisotopic (exact) mass is 425 g/mol. The molecule has 1 heterocycles. The first kappa shape index (κ1) is 22.0. The van der Waals surface area contributed by atoms with Gasteiger partial charge in [-0.1, -0.05) is 56.3 Å². The number of nitrogens with one attached hydrogen (secondary N) is 1. The summed E-state index contributed by atoms with van der Waals surface area (Å²) in [5.74, 6) is 1.90. The maximum atomic E-state index is 13.0. The van der Waals surface area contributed by atoms with E-state index in [1.165, 1.54) is 11.8 Å². The second-order valence-corrected chi connectivity index (χ2v) is 8.56. The standard InChI is InChI=1S/C24H27NO4S/c1-17(2)14-29-24(27)25-22(23(26)16-30-15-20-10-6-12-28-20)13-19-9-5-8-18-7-3-4-11-21(18)19/h3-12,17,22H,13-16H2,1-2H3,(H,25,27)/t22-/m0/s1. The number of hydrogen-bond donors (Lipinski definition) is 1. The van der Waals surface area contributed by atoms with Gasteiger partial charge in [-0.25, -0.2) is 4.79 Å². The molecule has 0 saturated heterocycles.